The average molecular weight is 775 g/mol. The number of benzene rings is 3. The van der Waals surface area contributed by atoms with Crippen LogP contribution in [0.3, 0.4) is 0 Å². The summed E-state index contributed by atoms with van der Waals surface area (Å²) in [5.74, 6) is 5.73. The van der Waals surface area contributed by atoms with E-state index in [1.165, 1.54) is 18.7 Å². The van der Waals surface area contributed by atoms with Crippen molar-refractivity contribution in [1.82, 2.24) is 19.7 Å². The van der Waals surface area contributed by atoms with E-state index in [1.54, 1.807) is 53.9 Å². The molecule has 14 nitrogen and oxygen atoms in total. The first-order chi connectivity index (χ1) is 22.6. The van der Waals surface area contributed by atoms with Crippen LogP contribution in [-0.2, 0) is 9.63 Å². The normalized spacial score (nSPS) is 15.0. The molecule has 1 aliphatic rings. The molecule has 0 saturated carbocycles. The second kappa shape index (κ2) is 15.1. The molecule has 1 saturated heterocycles. The maximum Gasteiger partial charge on any atom is 0.255 e. The number of nitrogens with two attached hydrogens (primary N) is 1. The van der Waals surface area contributed by atoms with Gasteiger partial charge in [-0.1, -0.05) is 52.4 Å². The van der Waals surface area contributed by atoms with Gasteiger partial charge in [-0.25, -0.2) is 14.9 Å². The van der Waals surface area contributed by atoms with Crippen molar-refractivity contribution in [2.75, 3.05) is 43.5 Å². The first kappa shape index (κ1) is 34.1. The predicted molar refractivity (Wildman–Crippen MR) is 183 cm³/mol. The van der Waals surface area contributed by atoms with Gasteiger partial charge in [0.1, 0.15) is 29.9 Å². The highest BCUT2D eigenvalue weighted by Crippen LogP contribution is 2.40. The highest BCUT2D eigenvalue weighted by molar-refractivity contribution is 14.1. The molecule has 0 radical (unpaired) electrons. The number of hydrogen-bond acceptors (Lipinski definition) is 10. The number of aromatic nitrogens is 3. The van der Waals surface area contributed by atoms with Gasteiger partial charge < -0.3 is 29.9 Å². The Balaban J connectivity index is 1.33. The van der Waals surface area contributed by atoms with E-state index in [9.17, 15) is 20.0 Å². The quantitative estimate of drug-likeness (QED) is 0.0613. The maximum absolute atomic E-state index is 13.9. The lowest BCUT2D eigenvalue weighted by atomic mass is 10.0. The van der Waals surface area contributed by atoms with Gasteiger partial charge >= 0.3 is 0 Å². The lowest BCUT2D eigenvalue weighted by molar-refractivity contribution is -0.990. The Kier molecular flexibility index (Phi) is 10.9. The van der Waals surface area contributed by atoms with Gasteiger partial charge in [-0.05, 0) is 43.3 Å². The van der Waals surface area contributed by atoms with Crippen LogP contribution in [0.2, 0.25) is 5.02 Å². The minimum atomic E-state index is -1.24. The van der Waals surface area contributed by atoms with E-state index in [0.717, 1.165) is 5.56 Å². The van der Waals surface area contributed by atoms with Crippen molar-refractivity contribution in [1.29, 1.82) is 0 Å². The SMILES string of the molecule is COc1ccccc1C(I)/C(C(=O)N1CCN(c2cc(NC(=O)c3ccc(-n4cncn4)cc3)c([NH+]([O-])O)cc2Cl)CC1)=C(/C)ON. The third-order valence-electron chi connectivity index (χ3n) is 7.74. The molecule has 2 unspecified atom stereocenters. The summed E-state index contributed by atoms with van der Waals surface area (Å²) in [5, 5.41) is 27.7. The van der Waals surface area contributed by atoms with Crippen LogP contribution in [-0.4, -0.2) is 70.0 Å². The topological polar surface area (TPSA) is 176 Å². The number of carbonyl (C=O) groups excluding carboxylic acids is 2. The zero-order chi connectivity index (χ0) is 33.7. The van der Waals surface area contributed by atoms with Gasteiger partial charge in [0.25, 0.3) is 11.8 Å². The summed E-state index contributed by atoms with van der Waals surface area (Å²) in [7, 11) is 1.57. The molecule has 2 atom stereocenters. The number of methoxy groups -OCH3 is 1. The molecule has 5 rings (SSSR count). The number of halogens is 2. The van der Waals surface area contributed by atoms with Gasteiger partial charge in [0.2, 0.25) is 0 Å². The number of allylic oxidation sites excluding steroid dienone is 1. The highest BCUT2D eigenvalue weighted by atomic mass is 127. The standard InChI is InChI=1S/C31H32ClIN8O6/c1-19(47-34)28(29(33)22-5-3-4-6-27(22)46-2)31(43)39-13-11-38(12-14-39)25-16-24(26(41(44)45)15-23(25)32)37-30(42)20-7-9-21(10-8-20)40-18-35-17-36-40/h3-10,15-18,29,41,44H,11-14,34H2,1-2H3,(H,37,42)/b28-19+. The van der Waals surface area contributed by atoms with E-state index in [4.69, 9.17) is 27.1 Å². The average Bonchev–Trinajstić information content (AvgIpc) is 3.64. The summed E-state index contributed by atoms with van der Waals surface area (Å²) in [6.45, 7) is 3.12. The number of carbonyl (C=O) groups is 2. The van der Waals surface area contributed by atoms with Crippen molar-refractivity contribution in [2.45, 2.75) is 10.8 Å². The number of para-hydroxylation sites is 1. The van der Waals surface area contributed by atoms with Crippen LogP contribution in [0.25, 0.3) is 5.69 Å². The Labute approximate surface area is 288 Å². The number of alkyl halides is 1. The Morgan fingerprint density at radius 1 is 1.13 bits per heavy atom. The van der Waals surface area contributed by atoms with E-state index in [1.807, 2.05) is 29.2 Å². The first-order valence-corrected chi connectivity index (χ1v) is 16.0. The third kappa shape index (κ3) is 7.50. The number of nitrogens with one attached hydrogen (secondary N) is 2. The molecule has 1 aliphatic heterocycles. The summed E-state index contributed by atoms with van der Waals surface area (Å²) in [6.07, 6.45) is 2.94. The van der Waals surface area contributed by atoms with Crippen molar-refractivity contribution in [3.05, 3.63) is 106 Å². The Hall–Kier alpha value is -4.26. The zero-order valence-electron chi connectivity index (χ0n) is 25.4. The lowest BCUT2D eigenvalue weighted by Crippen LogP contribution is -2.99. The largest absolute Gasteiger partial charge is 0.595 e. The van der Waals surface area contributed by atoms with Crippen LogP contribution in [0.4, 0.5) is 17.1 Å². The molecule has 2 amide bonds. The minimum absolute atomic E-state index is 0.0891. The van der Waals surface area contributed by atoms with Gasteiger partial charge in [0, 0.05) is 43.4 Å². The van der Waals surface area contributed by atoms with Crippen molar-refractivity contribution in [2.24, 2.45) is 5.90 Å². The Morgan fingerprint density at radius 3 is 2.45 bits per heavy atom. The van der Waals surface area contributed by atoms with E-state index in [-0.39, 0.29) is 22.3 Å². The number of anilines is 2. The van der Waals surface area contributed by atoms with Crippen LogP contribution in [0.15, 0.2) is 84.7 Å². The zero-order valence-corrected chi connectivity index (χ0v) is 28.3. The smallest absolute Gasteiger partial charge is 0.255 e. The molecular formula is C31H32ClIN8O6. The second-order valence-electron chi connectivity index (χ2n) is 10.5. The van der Waals surface area contributed by atoms with Crippen molar-refractivity contribution >= 4 is 63.1 Å². The minimum Gasteiger partial charge on any atom is -0.595 e. The van der Waals surface area contributed by atoms with Gasteiger partial charge in [0.05, 0.1) is 33.0 Å². The van der Waals surface area contributed by atoms with Crippen molar-refractivity contribution in [3.63, 3.8) is 0 Å². The third-order valence-corrected chi connectivity index (χ3v) is 9.33. The Morgan fingerprint density at radius 2 is 1.83 bits per heavy atom. The van der Waals surface area contributed by atoms with Crippen LogP contribution < -0.4 is 26.1 Å². The van der Waals surface area contributed by atoms with Crippen molar-refractivity contribution < 1.29 is 29.6 Å². The molecule has 0 spiro atoms. The summed E-state index contributed by atoms with van der Waals surface area (Å²) in [6, 6.07) is 16.9. The molecule has 16 heteroatoms. The fourth-order valence-corrected chi connectivity index (χ4v) is 6.74. The van der Waals surface area contributed by atoms with E-state index in [2.05, 4.69) is 38.0 Å². The Bertz CT molecular complexity index is 1760. The molecule has 5 N–H and O–H groups in total. The van der Waals surface area contributed by atoms with Gasteiger partial charge in [-0.2, -0.15) is 16.2 Å². The molecule has 0 aliphatic carbocycles. The number of amides is 2. The highest BCUT2D eigenvalue weighted by Gasteiger charge is 2.32. The number of ether oxygens (including phenoxy) is 1. The number of piperazine rings is 1. The van der Waals surface area contributed by atoms with Crippen molar-refractivity contribution in [3.8, 4) is 11.4 Å². The van der Waals surface area contributed by atoms with Crippen LogP contribution in [0, 0.1) is 5.21 Å². The molecule has 246 valence electrons. The maximum atomic E-state index is 13.9. The summed E-state index contributed by atoms with van der Waals surface area (Å²) in [4.78, 5) is 39.6. The fourth-order valence-electron chi connectivity index (χ4n) is 5.24. The molecule has 1 aromatic heterocycles. The van der Waals surface area contributed by atoms with Gasteiger partial charge in [-0.15, -0.1) is 0 Å². The van der Waals surface area contributed by atoms with Crippen LogP contribution >= 0.6 is 34.2 Å². The molecule has 3 aromatic carbocycles. The van der Waals surface area contributed by atoms with Gasteiger partial charge in [-0.3, -0.25) is 9.59 Å². The van der Waals surface area contributed by atoms with Crippen LogP contribution in [0.5, 0.6) is 5.75 Å². The van der Waals surface area contributed by atoms with Crippen LogP contribution in [0.1, 0.15) is 26.8 Å². The fraction of sp³-hybridized carbons (Fsp3) is 0.226. The molecule has 1 fully saturated rings. The number of hydrogen-bond donors (Lipinski definition) is 4. The predicted octanol–water partition coefficient (Wildman–Crippen LogP) is 3.57. The van der Waals surface area contributed by atoms with E-state index < -0.39 is 15.1 Å². The molecular weight excluding hydrogens is 743 g/mol. The second-order valence-corrected chi connectivity index (χ2v) is 12.1. The molecule has 2 heterocycles. The number of rotatable bonds is 10. The molecule has 47 heavy (non-hydrogen) atoms. The summed E-state index contributed by atoms with van der Waals surface area (Å²) < 4.78 is 6.67. The lowest BCUT2D eigenvalue weighted by Gasteiger charge is -2.37. The number of quaternary nitrogens is 1. The first-order valence-electron chi connectivity index (χ1n) is 14.3. The molecule has 0 bridgehead atoms. The van der Waals surface area contributed by atoms with E-state index >= 15 is 0 Å². The molecule has 4 aromatic rings. The monoisotopic (exact) mass is 774 g/mol. The summed E-state index contributed by atoms with van der Waals surface area (Å²) >= 11 is 8.76. The number of nitrogens with zero attached hydrogens (tertiary/aromatic N) is 5. The van der Waals surface area contributed by atoms with Gasteiger partial charge in [0.15, 0.2) is 5.69 Å². The van der Waals surface area contributed by atoms with E-state index in [0.29, 0.717) is 60.2 Å². The summed E-state index contributed by atoms with van der Waals surface area (Å²) in [5.41, 5.74) is 2.69.